The van der Waals surface area contributed by atoms with E-state index in [4.69, 9.17) is 0 Å². The number of carbonyl (C=O) groups is 1. The molecule has 76 heavy (non-hydrogen) atoms. The van der Waals surface area contributed by atoms with Gasteiger partial charge in [0.2, 0.25) is 5.91 Å². The normalized spacial score (nSPS) is 13.7. The summed E-state index contributed by atoms with van der Waals surface area (Å²) in [4.78, 5) is 12.7. The van der Waals surface area contributed by atoms with Gasteiger partial charge < -0.3 is 25.7 Å². The van der Waals surface area contributed by atoms with E-state index in [9.17, 15) is 25.2 Å². The number of amides is 1. The predicted octanol–water partition coefficient (Wildman–Crippen LogP) is 21.1. The molecule has 0 aromatic carbocycles. The van der Waals surface area contributed by atoms with Crippen molar-refractivity contribution >= 4 is 5.91 Å². The zero-order chi connectivity index (χ0) is 55.1. The van der Waals surface area contributed by atoms with Gasteiger partial charge in [0.1, 0.15) is 12.2 Å². The predicted molar refractivity (Wildman–Crippen MR) is 334 cm³/mol. The molecule has 5 N–H and O–H groups in total. The number of unbranched alkanes of at least 4 members (excludes halogenated alkanes) is 49. The molecule has 1 amide bonds. The van der Waals surface area contributed by atoms with Crippen LogP contribution in [0, 0.1) is 0 Å². The van der Waals surface area contributed by atoms with Gasteiger partial charge >= 0.3 is 0 Å². The maximum absolute atomic E-state index is 12.7. The fourth-order valence-corrected chi connectivity index (χ4v) is 11.0. The van der Waals surface area contributed by atoms with Crippen molar-refractivity contribution in [3.8, 4) is 0 Å². The second-order valence-corrected chi connectivity index (χ2v) is 23.9. The topological polar surface area (TPSA) is 110 Å². The molecule has 6 nitrogen and oxygen atoms in total. The lowest BCUT2D eigenvalue weighted by Crippen LogP contribution is -2.53. The number of aliphatic hydroxyl groups is 4. The smallest absolute Gasteiger partial charge is 0.249 e. The molecule has 0 aliphatic carbocycles. The van der Waals surface area contributed by atoms with Crippen molar-refractivity contribution in [2.24, 2.45) is 0 Å². The first-order valence-electron chi connectivity index (χ1n) is 34.4. The number of hydrogen-bond acceptors (Lipinski definition) is 5. The van der Waals surface area contributed by atoms with Crippen LogP contribution in [-0.4, -0.2) is 57.3 Å². The quantitative estimate of drug-likeness (QED) is 0.0308. The van der Waals surface area contributed by atoms with Crippen molar-refractivity contribution in [3.05, 3.63) is 36.5 Å². The first-order chi connectivity index (χ1) is 37.5. The SMILES string of the molecule is CCCCCCCCCCC/C=C\C/C=C\CCCCCCCCCCCCCCC(O)C(=O)NC(CO)C(O)C(O)CCC/C=C/CCCCCCCCCCCCCCCCCCCCCCCCCCCCC. The van der Waals surface area contributed by atoms with Crippen LogP contribution in [0.25, 0.3) is 0 Å². The Hall–Kier alpha value is -1.47. The zero-order valence-electron chi connectivity index (χ0n) is 51.3. The second kappa shape index (κ2) is 64.4. The Kier molecular flexibility index (Phi) is 63.1. The van der Waals surface area contributed by atoms with Gasteiger partial charge in [0.15, 0.2) is 0 Å². The van der Waals surface area contributed by atoms with Crippen molar-refractivity contribution in [1.82, 2.24) is 5.32 Å². The molecule has 0 radical (unpaired) electrons. The highest BCUT2D eigenvalue weighted by molar-refractivity contribution is 5.80. The second-order valence-electron chi connectivity index (χ2n) is 23.9. The van der Waals surface area contributed by atoms with Gasteiger partial charge in [-0.05, 0) is 70.6 Å². The molecule has 0 aromatic heterocycles. The van der Waals surface area contributed by atoms with E-state index in [0.717, 1.165) is 44.9 Å². The van der Waals surface area contributed by atoms with Crippen LogP contribution in [0.4, 0.5) is 0 Å². The summed E-state index contributed by atoms with van der Waals surface area (Å²) in [6.07, 6.45) is 82.7. The summed E-state index contributed by atoms with van der Waals surface area (Å²) in [7, 11) is 0. The Bertz CT molecular complexity index is 1200. The van der Waals surface area contributed by atoms with Gasteiger partial charge in [0, 0.05) is 0 Å². The van der Waals surface area contributed by atoms with Crippen LogP contribution in [-0.2, 0) is 4.79 Å². The van der Waals surface area contributed by atoms with Gasteiger partial charge in [0.25, 0.3) is 0 Å². The third kappa shape index (κ3) is 57.2. The molecule has 0 saturated heterocycles. The minimum atomic E-state index is -1.28. The van der Waals surface area contributed by atoms with Crippen LogP contribution in [0.3, 0.4) is 0 Å². The highest BCUT2D eigenvalue weighted by atomic mass is 16.3. The zero-order valence-corrected chi connectivity index (χ0v) is 51.3. The molecule has 450 valence electrons. The standard InChI is InChI=1S/C70H135NO5/c1-3-5-7-9-11-13-15-17-19-21-23-25-27-29-31-33-34-35-36-38-39-41-43-45-47-49-51-53-55-57-59-61-63-67(73)69(75)66(65-72)71-70(76)68(74)64-62-60-58-56-54-52-50-48-46-44-42-40-37-32-30-28-26-24-22-20-18-16-14-12-10-8-6-4-2/h24,26,30,32,55,57,66-69,72-75H,3-23,25,27-29,31,33-54,56,58-65H2,1-2H3,(H,71,76)/b26-24-,32-30-,57-55+. The van der Waals surface area contributed by atoms with Crippen molar-refractivity contribution in [3.63, 3.8) is 0 Å². The highest BCUT2D eigenvalue weighted by Crippen LogP contribution is 2.19. The molecule has 0 fully saturated rings. The van der Waals surface area contributed by atoms with Gasteiger partial charge in [-0.3, -0.25) is 4.79 Å². The maximum atomic E-state index is 12.7. The Labute approximate surface area is 475 Å². The molecule has 0 rings (SSSR count). The summed E-state index contributed by atoms with van der Waals surface area (Å²) in [5, 5.41) is 44.2. The first-order valence-corrected chi connectivity index (χ1v) is 34.4. The molecular formula is C70H135NO5. The van der Waals surface area contributed by atoms with E-state index >= 15 is 0 Å². The molecule has 0 bridgehead atoms. The van der Waals surface area contributed by atoms with E-state index < -0.39 is 36.9 Å². The summed E-state index contributed by atoms with van der Waals surface area (Å²) < 4.78 is 0. The Balaban J connectivity index is 3.58. The van der Waals surface area contributed by atoms with Crippen LogP contribution in [0.1, 0.15) is 373 Å². The average molecular weight is 1070 g/mol. The maximum Gasteiger partial charge on any atom is 0.249 e. The minimum Gasteiger partial charge on any atom is -0.394 e. The molecule has 0 aliphatic rings. The summed E-state index contributed by atoms with van der Waals surface area (Å²) in [6.45, 7) is 4.09. The number of aliphatic hydroxyl groups excluding tert-OH is 4. The number of hydrogen-bond donors (Lipinski definition) is 5. The molecule has 4 unspecified atom stereocenters. The largest absolute Gasteiger partial charge is 0.394 e. The minimum absolute atomic E-state index is 0.362. The highest BCUT2D eigenvalue weighted by Gasteiger charge is 2.28. The van der Waals surface area contributed by atoms with E-state index in [2.05, 4.69) is 55.6 Å². The lowest BCUT2D eigenvalue weighted by Gasteiger charge is -2.27. The summed E-state index contributed by atoms with van der Waals surface area (Å²) in [5.41, 5.74) is 0. The third-order valence-corrected chi connectivity index (χ3v) is 16.3. The van der Waals surface area contributed by atoms with Crippen molar-refractivity contribution in [2.45, 2.75) is 398 Å². The van der Waals surface area contributed by atoms with Gasteiger partial charge in [-0.25, -0.2) is 0 Å². The van der Waals surface area contributed by atoms with E-state index in [0.29, 0.717) is 12.8 Å². The van der Waals surface area contributed by atoms with Gasteiger partial charge in [-0.15, -0.1) is 0 Å². The Morgan fingerprint density at radius 3 is 0.868 bits per heavy atom. The fourth-order valence-electron chi connectivity index (χ4n) is 11.0. The van der Waals surface area contributed by atoms with Crippen LogP contribution >= 0.6 is 0 Å². The van der Waals surface area contributed by atoms with Gasteiger partial charge in [0.05, 0.1) is 18.8 Å². The van der Waals surface area contributed by atoms with E-state index in [-0.39, 0.29) is 0 Å². The molecule has 6 heteroatoms. The van der Waals surface area contributed by atoms with Crippen LogP contribution < -0.4 is 5.32 Å². The monoisotopic (exact) mass is 1070 g/mol. The first kappa shape index (κ1) is 74.5. The summed E-state index contributed by atoms with van der Waals surface area (Å²) >= 11 is 0. The van der Waals surface area contributed by atoms with Gasteiger partial charge in [-0.1, -0.05) is 339 Å². The van der Waals surface area contributed by atoms with Crippen molar-refractivity contribution < 1.29 is 25.2 Å². The summed E-state index contributed by atoms with van der Waals surface area (Å²) in [6, 6.07) is -1.00. The Morgan fingerprint density at radius 2 is 0.579 bits per heavy atom. The third-order valence-electron chi connectivity index (χ3n) is 16.3. The number of carbonyl (C=O) groups excluding carboxylic acids is 1. The molecule has 0 heterocycles. The van der Waals surface area contributed by atoms with E-state index in [1.165, 1.54) is 302 Å². The van der Waals surface area contributed by atoms with Crippen molar-refractivity contribution in [1.29, 1.82) is 0 Å². The lowest BCUT2D eigenvalue weighted by atomic mass is 10.00. The molecule has 4 atom stereocenters. The number of rotatable bonds is 64. The van der Waals surface area contributed by atoms with Crippen LogP contribution in [0.15, 0.2) is 36.5 Å². The molecule has 0 saturated carbocycles. The molecule has 0 aromatic rings. The number of allylic oxidation sites excluding steroid dienone is 6. The average Bonchev–Trinajstić information content (AvgIpc) is 3.42. The fraction of sp³-hybridized carbons (Fsp3) is 0.900. The molecule has 0 spiro atoms. The van der Waals surface area contributed by atoms with E-state index in [1.807, 2.05) is 0 Å². The summed E-state index contributed by atoms with van der Waals surface area (Å²) in [5.74, 6) is -0.590. The van der Waals surface area contributed by atoms with E-state index in [1.54, 1.807) is 0 Å². The molecule has 0 aliphatic heterocycles. The molecular weight excluding hydrogens is 935 g/mol. The van der Waals surface area contributed by atoms with Crippen molar-refractivity contribution in [2.75, 3.05) is 6.61 Å². The lowest BCUT2D eigenvalue weighted by molar-refractivity contribution is -0.132. The van der Waals surface area contributed by atoms with Gasteiger partial charge in [-0.2, -0.15) is 0 Å². The van der Waals surface area contributed by atoms with Crippen LogP contribution in [0.2, 0.25) is 0 Å². The van der Waals surface area contributed by atoms with Crippen LogP contribution in [0.5, 0.6) is 0 Å². The number of nitrogens with one attached hydrogen (secondary N) is 1. The Morgan fingerprint density at radius 1 is 0.329 bits per heavy atom.